The van der Waals surface area contributed by atoms with Crippen LogP contribution in [0.15, 0.2) is 29.6 Å². The quantitative estimate of drug-likeness (QED) is 0.248. The lowest BCUT2D eigenvalue weighted by Gasteiger charge is -2.28. The average Bonchev–Trinajstić information content (AvgIpc) is 3.49. The molecule has 3 heterocycles. The third kappa shape index (κ3) is 7.01. The van der Waals surface area contributed by atoms with Crippen LogP contribution in [-0.4, -0.2) is 82.9 Å². The number of hydrogen-bond donors (Lipinski definition) is 2. The van der Waals surface area contributed by atoms with Gasteiger partial charge < -0.3 is 29.6 Å². The second-order valence-electron chi connectivity index (χ2n) is 13.9. The number of carbonyl (C=O) groups is 3. The van der Waals surface area contributed by atoms with Gasteiger partial charge in [0.15, 0.2) is 5.13 Å². The molecule has 4 atom stereocenters. The van der Waals surface area contributed by atoms with Crippen LogP contribution in [0.1, 0.15) is 72.6 Å². The van der Waals surface area contributed by atoms with Crippen LogP contribution in [0.25, 0.3) is 22.3 Å². The van der Waals surface area contributed by atoms with Crippen molar-refractivity contribution in [3.05, 3.63) is 29.6 Å². The number of thiazole rings is 1. The first kappa shape index (κ1) is 33.8. The largest absolute Gasteiger partial charge is 0.497 e. The van der Waals surface area contributed by atoms with Gasteiger partial charge in [0.25, 0.3) is 0 Å². The zero-order chi connectivity index (χ0) is 34.2. The lowest BCUT2D eigenvalue weighted by atomic mass is 10.1. The highest BCUT2D eigenvalue weighted by atomic mass is 32.1. The molecule has 1 aliphatic heterocycles. The molecule has 2 aliphatic carbocycles. The molecular formula is C35H45N5O7S. The van der Waals surface area contributed by atoms with Gasteiger partial charge in [0, 0.05) is 35.4 Å². The fraction of sp³-hybridized carbons (Fsp3) is 0.571. The molecule has 13 heteroatoms. The normalized spacial score (nSPS) is 24.0. The number of hydrogen-bond acceptors (Lipinski definition) is 11. The van der Waals surface area contributed by atoms with E-state index in [1.165, 1.54) is 24.9 Å². The van der Waals surface area contributed by atoms with Crippen LogP contribution in [0.5, 0.6) is 11.5 Å². The first-order valence-electron chi connectivity index (χ1n) is 16.7. The van der Waals surface area contributed by atoms with E-state index in [1.807, 2.05) is 36.6 Å². The molecule has 3 fully saturated rings. The van der Waals surface area contributed by atoms with Crippen molar-refractivity contribution >= 4 is 45.3 Å². The Balaban J connectivity index is 1.29. The van der Waals surface area contributed by atoms with Gasteiger partial charge in [-0.05, 0) is 58.1 Å². The van der Waals surface area contributed by atoms with E-state index < -0.39 is 41.3 Å². The molecule has 2 N–H and O–H groups in total. The van der Waals surface area contributed by atoms with Gasteiger partial charge >= 0.3 is 12.1 Å². The topological polar surface area (TPSA) is 141 Å². The van der Waals surface area contributed by atoms with Crippen molar-refractivity contribution in [2.24, 2.45) is 5.92 Å². The summed E-state index contributed by atoms with van der Waals surface area (Å²) in [5, 5.41) is 10.1. The van der Waals surface area contributed by atoms with Crippen molar-refractivity contribution in [2.45, 2.75) is 102 Å². The van der Waals surface area contributed by atoms with Crippen LogP contribution >= 0.6 is 11.3 Å². The molecule has 48 heavy (non-hydrogen) atoms. The second kappa shape index (κ2) is 13.4. The van der Waals surface area contributed by atoms with Crippen molar-refractivity contribution < 1.29 is 33.3 Å². The predicted molar refractivity (Wildman–Crippen MR) is 182 cm³/mol. The fourth-order valence-corrected chi connectivity index (χ4v) is 7.61. The SMILES string of the molecule is CC[C@@H]1C[C@]1(NC(=O)[C@@H]1C[C@@H](Oc2cc(-c3csc(NC4CCCC4)n3)nc3cc(OC)ccc23)CN1C(=O)OC(C)(C)C)C(=O)OC. The third-order valence-corrected chi connectivity index (χ3v) is 10.2. The minimum atomic E-state index is -1.09. The maximum atomic E-state index is 13.8. The molecule has 258 valence electrons. The van der Waals surface area contributed by atoms with Gasteiger partial charge in [0.2, 0.25) is 5.91 Å². The maximum absolute atomic E-state index is 13.8. The highest BCUT2D eigenvalue weighted by molar-refractivity contribution is 7.14. The van der Waals surface area contributed by atoms with Crippen LogP contribution in [0, 0.1) is 5.92 Å². The van der Waals surface area contributed by atoms with E-state index in [-0.39, 0.29) is 18.9 Å². The summed E-state index contributed by atoms with van der Waals surface area (Å²) in [6.07, 6.45) is 4.95. The number of fused-ring (bicyclic) bond motifs is 1. The number of pyridine rings is 1. The first-order chi connectivity index (χ1) is 22.9. The van der Waals surface area contributed by atoms with E-state index in [9.17, 15) is 14.4 Å². The minimum absolute atomic E-state index is 0.0319. The van der Waals surface area contributed by atoms with Crippen LogP contribution in [0.3, 0.4) is 0 Å². The number of nitrogens with zero attached hydrogens (tertiary/aromatic N) is 3. The van der Waals surface area contributed by atoms with Gasteiger partial charge in [-0.25, -0.2) is 19.6 Å². The summed E-state index contributed by atoms with van der Waals surface area (Å²) in [4.78, 5) is 51.2. The Kier molecular flexibility index (Phi) is 9.43. The average molecular weight is 680 g/mol. The molecule has 2 aromatic heterocycles. The molecule has 3 aliphatic rings. The van der Waals surface area contributed by atoms with Gasteiger partial charge in [-0.2, -0.15) is 0 Å². The summed E-state index contributed by atoms with van der Waals surface area (Å²) in [7, 11) is 2.92. The monoisotopic (exact) mass is 679 g/mol. The Morgan fingerprint density at radius 2 is 1.85 bits per heavy atom. The Bertz CT molecular complexity index is 1680. The molecule has 2 amide bonds. The van der Waals surface area contributed by atoms with Crippen molar-refractivity contribution in [1.29, 1.82) is 0 Å². The van der Waals surface area contributed by atoms with Gasteiger partial charge in [-0.3, -0.25) is 9.69 Å². The fourth-order valence-electron chi connectivity index (χ4n) is 6.83. The Morgan fingerprint density at radius 1 is 1.08 bits per heavy atom. The number of aromatic nitrogens is 2. The summed E-state index contributed by atoms with van der Waals surface area (Å²) in [6.45, 7) is 7.40. The standard InChI is InChI=1S/C35H45N5O7S/c1-7-20-17-35(20,31(42)45-6)39-30(41)28-15-23(18-40(28)33(43)47-34(2,3)4)46-29-16-26(37-25-14-22(44-5)12-13-24(25)29)27-19-48-32(38-27)36-21-10-8-9-11-21/h12-14,16,19-21,23,28H,7-11,15,17-18H2,1-6H3,(H,36,38)(H,39,41)/t20-,23-,28+,35-/m1/s1. The number of ether oxygens (including phenoxy) is 4. The number of nitrogens with one attached hydrogen (secondary N) is 2. The van der Waals surface area contributed by atoms with Crippen LogP contribution in [0.4, 0.5) is 9.93 Å². The first-order valence-corrected chi connectivity index (χ1v) is 17.6. The highest BCUT2D eigenvalue weighted by Gasteiger charge is 2.62. The molecule has 3 aromatic rings. The lowest BCUT2D eigenvalue weighted by Crippen LogP contribution is -2.53. The number of benzene rings is 1. The Morgan fingerprint density at radius 3 is 2.52 bits per heavy atom. The van der Waals surface area contributed by atoms with E-state index in [0.29, 0.717) is 41.6 Å². The molecule has 0 unspecified atom stereocenters. The van der Waals surface area contributed by atoms with E-state index in [0.717, 1.165) is 29.1 Å². The zero-order valence-electron chi connectivity index (χ0n) is 28.5. The molecular weight excluding hydrogens is 634 g/mol. The van der Waals surface area contributed by atoms with Crippen LogP contribution < -0.4 is 20.1 Å². The van der Waals surface area contributed by atoms with Crippen molar-refractivity contribution in [3.63, 3.8) is 0 Å². The smallest absolute Gasteiger partial charge is 0.411 e. The number of esters is 1. The Hall–Kier alpha value is -4.13. The van der Waals surface area contributed by atoms with Crippen molar-refractivity contribution in [1.82, 2.24) is 20.2 Å². The number of likely N-dealkylation sites (tertiary alicyclic amines) is 1. The highest BCUT2D eigenvalue weighted by Crippen LogP contribution is 2.47. The Labute approximate surface area is 284 Å². The van der Waals surface area contributed by atoms with Crippen molar-refractivity contribution in [2.75, 3.05) is 26.1 Å². The summed E-state index contributed by atoms with van der Waals surface area (Å²) < 4.78 is 22.9. The van der Waals surface area contributed by atoms with E-state index in [1.54, 1.807) is 39.2 Å². The number of rotatable bonds is 10. The molecule has 0 spiro atoms. The van der Waals surface area contributed by atoms with Crippen molar-refractivity contribution in [3.8, 4) is 22.9 Å². The summed E-state index contributed by atoms with van der Waals surface area (Å²) >= 11 is 1.55. The molecule has 12 nitrogen and oxygen atoms in total. The number of methoxy groups -OCH3 is 2. The van der Waals surface area contributed by atoms with E-state index >= 15 is 0 Å². The summed E-state index contributed by atoms with van der Waals surface area (Å²) in [5.41, 5.74) is 0.153. The van der Waals surface area contributed by atoms with Gasteiger partial charge in [0.1, 0.15) is 40.5 Å². The maximum Gasteiger partial charge on any atom is 0.411 e. The molecule has 1 saturated heterocycles. The molecule has 0 bridgehead atoms. The zero-order valence-corrected chi connectivity index (χ0v) is 29.3. The van der Waals surface area contributed by atoms with E-state index in [4.69, 9.17) is 28.9 Å². The van der Waals surface area contributed by atoms with E-state index in [2.05, 4.69) is 10.6 Å². The van der Waals surface area contributed by atoms with Gasteiger partial charge in [-0.1, -0.05) is 26.2 Å². The number of amides is 2. The lowest BCUT2D eigenvalue weighted by molar-refractivity contribution is -0.147. The summed E-state index contributed by atoms with van der Waals surface area (Å²) in [5.74, 6) is 0.245. The predicted octanol–water partition coefficient (Wildman–Crippen LogP) is 5.94. The molecule has 0 radical (unpaired) electrons. The molecule has 6 rings (SSSR count). The molecule has 1 aromatic carbocycles. The summed E-state index contributed by atoms with van der Waals surface area (Å²) in [6, 6.07) is 6.95. The number of carbonyl (C=O) groups excluding carboxylic acids is 3. The molecule has 2 saturated carbocycles. The van der Waals surface area contributed by atoms with Crippen LogP contribution in [0.2, 0.25) is 0 Å². The number of anilines is 1. The van der Waals surface area contributed by atoms with Crippen LogP contribution in [-0.2, 0) is 19.1 Å². The van der Waals surface area contributed by atoms with Gasteiger partial charge in [0.05, 0.1) is 32.0 Å². The minimum Gasteiger partial charge on any atom is -0.497 e. The van der Waals surface area contributed by atoms with Gasteiger partial charge in [-0.15, -0.1) is 11.3 Å². The third-order valence-electron chi connectivity index (χ3n) is 9.41. The second-order valence-corrected chi connectivity index (χ2v) is 14.8.